The van der Waals surface area contributed by atoms with Crippen LogP contribution in [0, 0.1) is 5.41 Å². The summed E-state index contributed by atoms with van der Waals surface area (Å²) in [5.74, 6) is -0.640. The number of carboxylic acids is 1. The average molecular weight is 484 g/mol. The van der Waals surface area contributed by atoms with Crippen LogP contribution in [0.15, 0.2) is 36.5 Å². The van der Waals surface area contributed by atoms with E-state index in [9.17, 15) is 9.59 Å². The second-order valence-electron chi connectivity index (χ2n) is 10.1. The third-order valence-corrected chi connectivity index (χ3v) is 6.32. The fourth-order valence-electron chi connectivity index (χ4n) is 4.60. The maximum Gasteiger partial charge on any atom is 0.303 e. The number of hydrogen-bond donors (Lipinski definition) is 3. The number of benzene rings is 1. The van der Waals surface area contributed by atoms with Crippen molar-refractivity contribution >= 4 is 23.5 Å². The molecule has 0 saturated carbocycles. The number of fused-ring (bicyclic) bond motifs is 1. The summed E-state index contributed by atoms with van der Waals surface area (Å²) in [6.07, 6.45) is 1.22. The Kier molecular flexibility index (Phi) is 7.23. The number of hydrogen-bond acceptors (Lipinski definition) is 8. The van der Waals surface area contributed by atoms with Gasteiger partial charge in [-0.2, -0.15) is 0 Å². The molecule has 2 aliphatic rings. The lowest BCUT2D eigenvalue weighted by molar-refractivity contribution is -0.139. The number of carbonyl (C=O) groups is 2. The number of ether oxygens (including phenoxy) is 2. The minimum Gasteiger partial charge on any atom is -0.481 e. The zero-order valence-electron chi connectivity index (χ0n) is 20.5. The molecule has 188 valence electrons. The van der Waals surface area contributed by atoms with Crippen molar-refractivity contribution in [2.45, 2.75) is 51.0 Å². The number of carbonyl (C=O) groups excluding carboxylic acids is 1. The minimum atomic E-state index is -0.919. The Bertz CT molecular complexity index is 1060. The van der Waals surface area contributed by atoms with Gasteiger partial charge >= 0.3 is 5.97 Å². The van der Waals surface area contributed by atoms with Crippen molar-refractivity contribution in [3.63, 3.8) is 0 Å². The summed E-state index contributed by atoms with van der Waals surface area (Å²) in [4.78, 5) is 34.6. The van der Waals surface area contributed by atoms with E-state index < -0.39 is 11.4 Å². The monoisotopic (exact) mass is 483 g/mol. The van der Waals surface area contributed by atoms with Gasteiger partial charge in [0.25, 0.3) is 0 Å². The number of aromatic nitrogens is 2. The highest BCUT2D eigenvalue weighted by Crippen LogP contribution is 2.30. The predicted octanol–water partition coefficient (Wildman–Crippen LogP) is 2.16. The molecule has 0 spiro atoms. The van der Waals surface area contributed by atoms with Crippen molar-refractivity contribution in [2.75, 3.05) is 37.5 Å². The predicted molar refractivity (Wildman–Crippen MR) is 131 cm³/mol. The normalized spacial score (nSPS) is 23.5. The van der Waals surface area contributed by atoms with Gasteiger partial charge in [0.1, 0.15) is 12.2 Å². The summed E-state index contributed by atoms with van der Waals surface area (Å²) in [6, 6.07) is 9.57. The molecule has 4 rings (SSSR count). The van der Waals surface area contributed by atoms with Gasteiger partial charge < -0.3 is 30.1 Å². The molecule has 0 unspecified atom stereocenters. The van der Waals surface area contributed by atoms with Gasteiger partial charge in [-0.25, -0.2) is 9.97 Å². The lowest BCUT2D eigenvalue weighted by Gasteiger charge is -2.24. The van der Waals surface area contributed by atoms with E-state index in [0.29, 0.717) is 19.2 Å². The van der Waals surface area contributed by atoms with Crippen molar-refractivity contribution in [2.24, 2.45) is 5.41 Å². The van der Waals surface area contributed by atoms with Gasteiger partial charge in [-0.1, -0.05) is 26.0 Å². The maximum absolute atomic E-state index is 12.5. The van der Waals surface area contributed by atoms with Crippen LogP contribution in [0.5, 0.6) is 0 Å². The molecule has 2 fully saturated rings. The van der Waals surface area contributed by atoms with Crippen molar-refractivity contribution in [1.29, 1.82) is 0 Å². The average Bonchev–Trinajstić information content (AvgIpc) is 3.36. The highest BCUT2D eigenvalue weighted by molar-refractivity contribution is 5.78. The molecule has 10 heteroatoms. The van der Waals surface area contributed by atoms with Gasteiger partial charge in [-0.3, -0.25) is 9.59 Å². The van der Waals surface area contributed by atoms with Crippen LogP contribution in [0.4, 0.5) is 11.6 Å². The Balaban J connectivity index is 1.35. The first kappa shape index (κ1) is 24.9. The first-order valence-corrected chi connectivity index (χ1v) is 11.7. The summed E-state index contributed by atoms with van der Waals surface area (Å²) in [5.41, 5.74) is 2.28. The number of carboxylic acid groups (broad SMARTS) is 1. The summed E-state index contributed by atoms with van der Waals surface area (Å²) in [5, 5.41) is 15.3. The van der Waals surface area contributed by atoms with Gasteiger partial charge in [0, 0.05) is 38.0 Å². The topological polar surface area (TPSA) is 126 Å². The van der Waals surface area contributed by atoms with Crippen LogP contribution in [-0.4, -0.2) is 78.6 Å². The molecule has 2 aromatic rings. The van der Waals surface area contributed by atoms with Gasteiger partial charge in [0.05, 0.1) is 37.4 Å². The molecule has 1 amide bonds. The molecule has 10 nitrogen and oxygen atoms in total. The molecule has 0 aliphatic carbocycles. The molecule has 1 aromatic carbocycles. The number of nitrogens with one attached hydrogen (secondary N) is 2. The molecule has 35 heavy (non-hydrogen) atoms. The van der Waals surface area contributed by atoms with Gasteiger partial charge in [0.2, 0.25) is 11.9 Å². The van der Waals surface area contributed by atoms with E-state index in [-0.39, 0.29) is 43.0 Å². The first-order chi connectivity index (χ1) is 16.6. The molecular formula is C25H33N5O5. The van der Waals surface area contributed by atoms with Gasteiger partial charge in [-0.15, -0.1) is 0 Å². The van der Waals surface area contributed by atoms with Gasteiger partial charge in [-0.05, 0) is 23.6 Å². The zero-order valence-corrected chi connectivity index (χ0v) is 20.5. The Morgan fingerprint density at radius 1 is 1.06 bits per heavy atom. The third kappa shape index (κ3) is 6.07. The maximum atomic E-state index is 12.5. The number of amides is 1. The number of anilines is 2. The standard InChI is InChI=1S/C25H33N5O5/c1-25(2,12-21(32)33)11-20(31)27-18-13-34-23-19(14-35-22(18)23)29-24-26-10-9-17(28-24)15-5-7-16(8-6-15)30(3)4/h5-10,18-19,22-23H,11-14H2,1-4H3,(H,27,31)(H,32,33)(H,26,28,29)/t18-,19+,22-,23+/m1/s1. The minimum absolute atomic E-state index is 0.0744. The second-order valence-corrected chi connectivity index (χ2v) is 10.1. The van der Waals surface area contributed by atoms with Crippen LogP contribution >= 0.6 is 0 Å². The highest BCUT2D eigenvalue weighted by Gasteiger charge is 2.48. The smallest absolute Gasteiger partial charge is 0.303 e. The Morgan fingerprint density at radius 2 is 1.71 bits per heavy atom. The summed E-state index contributed by atoms with van der Waals surface area (Å²) >= 11 is 0. The van der Waals surface area contributed by atoms with Crippen LogP contribution in [0.25, 0.3) is 11.3 Å². The first-order valence-electron chi connectivity index (χ1n) is 11.7. The summed E-state index contributed by atoms with van der Waals surface area (Å²) < 4.78 is 11.9. The van der Waals surface area contributed by atoms with Crippen LogP contribution in [0.3, 0.4) is 0 Å². The van der Waals surface area contributed by atoms with Crippen LogP contribution in [0.1, 0.15) is 26.7 Å². The number of rotatable bonds is 9. The highest BCUT2D eigenvalue weighted by atomic mass is 16.6. The molecule has 3 heterocycles. The Hall–Kier alpha value is -3.24. The summed E-state index contributed by atoms with van der Waals surface area (Å²) in [6.45, 7) is 4.27. The van der Waals surface area contributed by atoms with E-state index in [1.54, 1.807) is 20.0 Å². The third-order valence-electron chi connectivity index (χ3n) is 6.32. The SMILES string of the molecule is CN(C)c1ccc(-c2ccnc(N[C@H]3CO[C@H]4[C@H]3OC[C@H]4NC(=O)CC(C)(C)CC(=O)O)n2)cc1. The van der Waals surface area contributed by atoms with Crippen molar-refractivity contribution in [3.05, 3.63) is 36.5 Å². The van der Waals surface area contributed by atoms with Gasteiger partial charge in [0.15, 0.2) is 0 Å². The molecular weight excluding hydrogens is 450 g/mol. The molecule has 2 aliphatic heterocycles. The number of aliphatic carboxylic acids is 1. The fourth-order valence-corrected chi connectivity index (χ4v) is 4.60. The molecule has 2 saturated heterocycles. The molecule has 4 atom stereocenters. The van der Waals surface area contributed by atoms with Crippen LogP contribution in [0.2, 0.25) is 0 Å². The lowest BCUT2D eigenvalue weighted by Crippen LogP contribution is -2.45. The van der Waals surface area contributed by atoms with Crippen LogP contribution in [-0.2, 0) is 19.1 Å². The molecule has 1 aromatic heterocycles. The van der Waals surface area contributed by atoms with Crippen LogP contribution < -0.4 is 15.5 Å². The molecule has 3 N–H and O–H groups in total. The molecule has 0 bridgehead atoms. The van der Waals surface area contributed by atoms with Crippen molar-refractivity contribution in [1.82, 2.24) is 15.3 Å². The van der Waals surface area contributed by atoms with E-state index >= 15 is 0 Å². The Labute approximate surface area is 205 Å². The second kappa shape index (κ2) is 10.2. The van der Waals surface area contributed by atoms with E-state index in [1.165, 1.54) is 0 Å². The fraction of sp³-hybridized carbons (Fsp3) is 0.520. The van der Waals surface area contributed by atoms with Crippen molar-refractivity contribution < 1.29 is 24.2 Å². The summed E-state index contributed by atoms with van der Waals surface area (Å²) in [7, 11) is 4.00. The van der Waals surface area contributed by atoms with E-state index in [0.717, 1.165) is 16.9 Å². The lowest BCUT2D eigenvalue weighted by atomic mass is 9.85. The number of nitrogens with zero attached hydrogens (tertiary/aromatic N) is 3. The molecule has 0 radical (unpaired) electrons. The largest absolute Gasteiger partial charge is 0.481 e. The zero-order chi connectivity index (χ0) is 25.2. The quantitative estimate of drug-likeness (QED) is 0.492. The van der Waals surface area contributed by atoms with Crippen molar-refractivity contribution in [3.8, 4) is 11.3 Å². The van der Waals surface area contributed by atoms with E-state index in [2.05, 4.69) is 20.6 Å². The Morgan fingerprint density at radius 3 is 2.37 bits per heavy atom. The van der Waals surface area contributed by atoms with E-state index in [1.807, 2.05) is 49.3 Å². The van der Waals surface area contributed by atoms with E-state index in [4.69, 9.17) is 14.6 Å².